The average Bonchev–Trinajstić information content (AvgIpc) is 2.89. The second kappa shape index (κ2) is 6.04. The zero-order valence-electron chi connectivity index (χ0n) is 12.9. The molecule has 5 heteroatoms. The molecule has 0 radical (unpaired) electrons. The molecular formula is C18H17NO4. The summed E-state index contributed by atoms with van der Waals surface area (Å²) >= 11 is 0. The smallest absolute Gasteiger partial charge is 0.352 e. The van der Waals surface area contributed by atoms with Gasteiger partial charge in [0.1, 0.15) is 12.3 Å². The lowest BCUT2D eigenvalue weighted by Gasteiger charge is -2.11. The molecule has 3 aromatic rings. The van der Waals surface area contributed by atoms with E-state index in [0.29, 0.717) is 18.1 Å². The van der Waals surface area contributed by atoms with Crippen LogP contribution in [0.2, 0.25) is 0 Å². The molecule has 0 saturated heterocycles. The fourth-order valence-corrected chi connectivity index (χ4v) is 2.56. The minimum atomic E-state index is -0.963. The van der Waals surface area contributed by atoms with Crippen molar-refractivity contribution in [2.45, 2.75) is 6.61 Å². The molecule has 5 nitrogen and oxygen atoms in total. The summed E-state index contributed by atoms with van der Waals surface area (Å²) in [6.45, 7) is 0.418. The minimum absolute atomic E-state index is 0.224. The maximum atomic E-state index is 11.3. The molecule has 0 aliphatic heterocycles. The van der Waals surface area contributed by atoms with Crippen molar-refractivity contribution in [1.29, 1.82) is 0 Å². The van der Waals surface area contributed by atoms with Crippen LogP contribution in [0.15, 0.2) is 48.5 Å². The van der Waals surface area contributed by atoms with Gasteiger partial charge in [-0.3, -0.25) is 0 Å². The van der Waals surface area contributed by atoms with E-state index in [1.807, 2.05) is 36.4 Å². The predicted octanol–water partition coefficient (Wildman–Crippen LogP) is 3.46. The van der Waals surface area contributed by atoms with Crippen LogP contribution in [0.4, 0.5) is 0 Å². The van der Waals surface area contributed by atoms with Crippen molar-refractivity contribution in [3.05, 3.63) is 59.8 Å². The molecule has 0 unspecified atom stereocenters. The summed E-state index contributed by atoms with van der Waals surface area (Å²) in [5.74, 6) is 0.201. The lowest BCUT2D eigenvalue weighted by Crippen LogP contribution is -2.03. The highest BCUT2D eigenvalue weighted by Gasteiger charge is 2.15. The van der Waals surface area contributed by atoms with E-state index in [0.717, 1.165) is 16.5 Å². The van der Waals surface area contributed by atoms with Crippen molar-refractivity contribution in [3.63, 3.8) is 0 Å². The van der Waals surface area contributed by atoms with Gasteiger partial charge in [-0.25, -0.2) is 4.79 Å². The first-order valence-electron chi connectivity index (χ1n) is 7.17. The van der Waals surface area contributed by atoms with E-state index in [1.165, 1.54) is 0 Å². The van der Waals surface area contributed by atoms with Gasteiger partial charge in [0.05, 0.1) is 12.6 Å². The van der Waals surface area contributed by atoms with Gasteiger partial charge in [-0.1, -0.05) is 30.3 Å². The summed E-state index contributed by atoms with van der Waals surface area (Å²) < 4.78 is 12.9. The highest BCUT2D eigenvalue weighted by atomic mass is 16.5. The van der Waals surface area contributed by atoms with Gasteiger partial charge in [-0.05, 0) is 17.7 Å². The SMILES string of the molecule is COc1cc2c(cc1OCc1ccccc1)cc(C(=O)O)n2C. The topological polar surface area (TPSA) is 60.7 Å². The minimum Gasteiger partial charge on any atom is -0.493 e. The molecule has 1 aromatic heterocycles. The van der Waals surface area contributed by atoms with Crippen LogP contribution in [0.3, 0.4) is 0 Å². The predicted molar refractivity (Wildman–Crippen MR) is 87.2 cm³/mol. The first kappa shape index (κ1) is 15.0. The quantitative estimate of drug-likeness (QED) is 0.784. The van der Waals surface area contributed by atoms with E-state index in [-0.39, 0.29) is 5.69 Å². The number of rotatable bonds is 5. The third kappa shape index (κ3) is 2.85. The third-order valence-electron chi connectivity index (χ3n) is 3.78. The number of hydrogen-bond acceptors (Lipinski definition) is 3. The van der Waals surface area contributed by atoms with Crippen LogP contribution in [0.5, 0.6) is 11.5 Å². The Kier molecular flexibility index (Phi) is 3.93. The maximum Gasteiger partial charge on any atom is 0.352 e. The molecule has 0 bridgehead atoms. The largest absolute Gasteiger partial charge is 0.493 e. The van der Waals surface area contributed by atoms with Crippen LogP contribution in [0.1, 0.15) is 16.1 Å². The Bertz CT molecular complexity index is 852. The highest BCUT2D eigenvalue weighted by molar-refractivity contribution is 5.95. The van der Waals surface area contributed by atoms with E-state index in [4.69, 9.17) is 9.47 Å². The first-order chi connectivity index (χ1) is 11.1. The molecule has 1 N–H and O–H groups in total. The molecule has 0 aliphatic rings. The van der Waals surface area contributed by atoms with Gasteiger partial charge in [0, 0.05) is 18.5 Å². The third-order valence-corrected chi connectivity index (χ3v) is 3.78. The summed E-state index contributed by atoms with van der Waals surface area (Å²) in [6.07, 6.45) is 0. The van der Waals surface area contributed by atoms with E-state index >= 15 is 0 Å². The zero-order chi connectivity index (χ0) is 16.4. The number of aromatic carboxylic acids is 1. The van der Waals surface area contributed by atoms with Gasteiger partial charge < -0.3 is 19.1 Å². The molecule has 0 amide bonds. The molecule has 23 heavy (non-hydrogen) atoms. The van der Waals surface area contributed by atoms with Crippen LogP contribution in [-0.2, 0) is 13.7 Å². The molecule has 0 spiro atoms. The molecule has 1 heterocycles. The summed E-state index contributed by atoms with van der Waals surface area (Å²) in [6, 6.07) is 15.1. The number of carbonyl (C=O) groups is 1. The Morgan fingerprint density at radius 2 is 1.87 bits per heavy atom. The monoisotopic (exact) mass is 311 g/mol. The number of carboxylic acid groups (broad SMARTS) is 1. The normalized spacial score (nSPS) is 10.7. The van der Waals surface area contributed by atoms with Crippen molar-refractivity contribution in [2.24, 2.45) is 7.05 Å². The fourth-order valence-electron chi connectivity index (χ4n) is 2.56. The Hall–Kier alpha value is -2.95. The standard InChI is InChI=1S/C18H17NO4/c1-19-14-10-16(22-2)17(9-13(14)8-15(19)18(20)21)23-11-12-6-4-3-5-7-12/h3-10H,11H2,1-2H3,(H,20,21). The Balaban J connectivity index is 1.97. The van der Waals surface area contributed by atoms with Crippen molar-refractivity contribution in [3.8, 4) is 11.5 Å². The Morgan fingerprint density at radius 1 is 1.13 bits per heavy atom. The van der Waals surface area contributed by atoms with Gasteiger partial charge in [0.25, 0.3) is 0 Å². The number of benzene rings is 2. The number of aryl methyl sites for hydroxylation is 1. The van der Waals surface area contributed by atoms with Crippen molar-refractivity contribution >= 4 is 16.9 Å². The number of ether oxygens (including phenoxy) is 2. The number of nitrogens with zero attached hydrogens (tertiary/aromatic N) is 1. The number of methoxy groups -OCH3 is 1. The number of hydrogen-bond donors (Lipinski definition) is 1. The zero-order valence-corrected chi connectivity index (χ0v) is 12.9. The van der Waals surface area contributed by atoms with Crippen molar-refractivity contribution < 1.29 is 19.4 Å². The molecule has 0 aliphatic carbocycles. The maximum absolute atomic E-state index is 11.3. The van der Waals surface area contributed by atoms with Crippen LogP contribution >= 0.6 is 0 Å². The summed E-state index contributed by atoms with van der Waals surface area (Å²) in [7, 11) is 3.29. The van der Waals surface area contributed by atoms with Crippen LogP contribution in [0, 0.1) is 0 Å². The Labute approximate surface area is 133 Å². The van der Waals surface area contributed by atoms with Gasteiger partial charge in [0.15, 0.2) is 11.5 Å². The van der Waals surface area contributed by atoms with Crippen molar-refractivity contribution in [2.75, 3.05) is 7.11 Å². The average molecular weight is 311 g/mol. The molecule has 0 saturated carbocycles. The summed E-state index contributed by atoms with van der Waals surface area (Å²) in [5, 5.41) is 10.0. The van der Waals surface area contributed by atoms with Crippen LogP contribution in [-0.4, -0.2) is 22.8 Å². The molecule has 2 aromatic carbocycles. The molecular weight excluding hydrogens is 294 g/mol. The Morgan fingerprint density at radius 3 is 2.52 bits per heavy atom. The van der Waals surface area contributed by atoms with Gasteiger partial charge in [0.2, 0.25) is 0 Å². The molecule has 3 rings (SSSR count). The summed E-state index contributed by atoms with van der Waals surface area (Å²) in [4.78, 5) is 11.3. The number of fused-ring (bicyclic) bond motifs is 1. The second-order valence-corrected chi connectivity index (χ2v) is 5.23. The molecule has 0 fully saturated rings. The lowest BCUT2D eigenvalue weighted by molar-refractivity contribution is 0.0687. The van der Waals surface area contributed by atoms with Crippen molar-refractivity contribution in [1.82, 2.24) is 4.57 Å². The lowest BCUT2D eigenvalue weighted by atomic mass is 10.2. The van der Waals surface area contributed by atoms with E-state index in [9.17, 15) is 9.90 Å². The first-order valence-corrected chi connectivity index (χ1v) is 7.17. The highest BCUT2D eigenvalue weighted by Crippen LogP contribution is 2.34. The van der Waals surface area contributed by atoms with E-state index in [1.54, 1.807) is 30.9 Å². The van der Waals surface area contributed by atoms with Gasteiger partial charge >= 0.3 is 5.97 Å². The fraction of sp³-hybridized carbons (Fsp3) is 0.167. The molecule has 118 valence electrons. The van der Waals surface area contributed by atoms with E-state index in [2.05, 4.69) is 0 Å². The number of carboxylic acids is 1. The summed E-state index contributed by atoms with van der Waals surface area (Å²) in [5.41, 5.74) is 2.06. The van der Waals surface area contributed by atoms with Gasteiger partial charge in [-0.2, -0.15) is 0 Å². The van der Waals surface area contributed by atoms with Crippen LogP contribution in [0.25, 0.3) is 10.9 Å². The number of aromatic nitrogens is 1. The molecule has 0 atom stereocenters. The van der Waals surface area contributed by atoms with E-state index < -0.39 is 5.97 Å². The second-order valence-electron chi connectivity index (χ2n) is 5.23. The van der Waals surface area contributed by atoms with Gasteiger partial charge in [-0.15, -0.1) is 0 Å². The van der Waals surface area contributed by atoms with Crippen LogP contribution < -0.4 is 9.47 Å².